The van der Waals surface area contributed by atoms with E-state index in [2.05, 4.69) is 62.4 Å². The van der Waals surface area contributed by atoms with Gasteiger partial charge in [-0.1, -0.05) is 120 Å². The van der Waals surface area contributed by atoms with Gasteiger partial charge in [-0.05, 0) is 62.1 Å². The van der Waals surface area contributed by atoms with Crippen LogP contribution >= 0.6 is 0 Å². The monoisotopic (exact) mass is 470 g/mol. The highest BCUT2D eigenvalue weighted by molar-refractivity contribution is 6.51. The molecular weight excluding hydrogens is 424 g/mol. The minimum atomic E-state index is 0.924. The van der Waals surface area contributed by atoms with Crippen LogP contribution in [0, 0.1) is 0 Å². The van der Waals surface area contributed by atoms with Gasteiger partial charge < -0.3 is 0 Å². The van der Waals surface area contributed by atoms with Crippen molar-refractivity contribution in [1.29, 1.82) is 0 Å². The van der Waals surface area contributed by atoms with Crippen LogP contribution < -0.4 is 0 Å². The van der Waals surface area contributed by atoms with Crippen LogP contribution in [-0.2, 0) is 0 Å². The van der Waals surface area contributed by atoms with Crippen molar-refractivity contribution in [2.75, 3.05) is 0 Å². The highest BCUT2D eigenvalue weighted by atomic mass is 14.8. The lowest BCUT2D eigenvalue weighted by atomic mass is 10.1. The molecule has 2 heteroatoms. The fourth-order valence-corrected chi connectivity index (χ4v) is 3.94. The number of hydrogen-bond donors (Lipinski definition) is 0. The van der Waals surface area contributed by atoms with E-state index in [1.165, 1.54) is 70.6 Å². The second kappa shape index (κ2) is 19.6. The van der Waals surface area contributed by atoms with Crippen LogP contribution in [-0.4, -0.2) is 11.4 Å². The number of benzene rings is 2. The number of para-hydroxylation sites is 2. The summed E-state index contributed by atoms with van der Waals surface area (Å²) in [4.78, 5) is 10.00. The van der Waals surface area contributed by atoms with Gasteiger partial charge in [0, 0.05) is 0 Å². The first-order valence-corrected chi connectivity index (χ1v) is 13.9. The molecule has 2 rings (SSSR count). The van der Waals surface area contributed by atoms with Crippen LogP contribution in [0.1, 0.15) is 97.3 Å². The zero-order valence-electron chi connectivity index (χ0n) is 22.2. The number of aliphatic imine (C=N–C) groups is 2. The predicted octanol–water partition coefficient (Wildman–Crippen LogP) is 10.8. The van der Waals surface area contributed by atoms with Crippen LogP contribution in [0.25, 0.3) is 0 Å². The van der Waals surface area contributed by atoms with E-state index in [1.54, 1.807) is 0 Å². The Morgan fingerprint density at radius 2 is 0.886 bits per heavy atom. The first-order chi connectivity index (χ1) is 17.3. The molecule has 2 aromatic carbocycles. The van der Waals surface area contributed by atoms with E-state index in [1.807, 2.05) is 36.4 Å². The average molecular weight is 471 g/mol. The van der Waals surface area contributed by atoms with Gasteiger partial charge in [-0.25, -0.2) is 9.98 Å². The van der Waals surface area contributed by atoms with Gasteiger partial charge in [0.1, 0.15) is 0 Å². The summed E-state index contributed by atoms with van der Waals surface area (Å²) >= 11 is 0. The summed E-state index contributed by atoms with van der Waals surface area (Å²) < 4.78 is 0. The van der Waals surface area contributed by atoms with Gasteiger partial charge in [0.05, 0.1) is 22.8 Å². The quantitative estimate of drug-likeness (QED) is 0.153. The van der Waals surface area contributed by atoms with Crippen LogP contribution in [0.15, 0.2) is 95.0 Å². The molecule has 0 atom stereocenters. The Balaban J connectivity index is 2.17. The highest BCUT2D eigenvalue weighted by Crippen LogP contribution is 2.16. The fourth-order valence-electron chi connectivity index (χ4n) is 3.94. The molecule has 0 aliphatic carbocycles. The van der Waals surface area contributed by atoms with E-state index in [9.17, 15) is 0 Å². The normalized spacial score (nSPS) is 12.7. The summed E-state index contributed by atoms with van der Waals surface area (Å²) in [5.74, 6) is 0. The van der Waals surface area contributed by atoms with Gasteiger partial charge in [-0.3, -0.25) is 0 Å². The van der Waals surface area contributed by atoms with E-state index in [0.29, 0.717) is 0 Å². The lowest BCUT2D eigenvalue weighted by Gasteiger charge is -2.05. The van der Waals surface area contributed by atoms with E-state index in [4.69, 9.17) is 9.98 Å². The van der Waals surface area contributed by atoms with Crippen molar-refractivity contribution in [3.8, 4) is 0 Å². The minimum absolute atomic E-state index is 0.924. The van der Waals surface area contributed by atoms with Gasteiger partial charge in [0.15, 0.2) is 0 Å². The van der Waals surface area contributed by atoms with E-state index in [0.717, 1.165) is 35.6 Å². The fraction of sp³-hybridized carbons (Fsp3) is 0.455. The molecule has 0 heterocycles. The zero-order valence-corrected chi connectivity index (χ0v) is 22.2. The number of unbranched alkanes of at least 4 members (excludes halogenated alkanes) is 11. The van der Waals surface area contributed by atoms with Crippen molar-refractivity contribution in [2.45, 2.75) is 97.3 Å². The number of allylic oxidation sites excluding steroid dienone is 4. The molecule has 0 N–H and O–H groups in total. The maximum Gasteiger partial charge on any atom is 0.0890 e. The molecule has 2 aromatic rings. The summed E-state index contributed by atoms with van der Waals surface area (Å²) in [7, 11) is 0. The van der Waals surface area contributed by atoms with E-state index >= 15 is 0 Å². The van der Waals surface area contributed by atoms with Gasteiger partial charge in [-0.15, -0.1) is 0 Å². The summed E-state index contributed by atoms with van der Waals surface area (Å²) in [6.07, 6.45) is 25.4. The first kappa shape index (κ1) is 28.5. The smallest absolute Gasteiger partial charge is 0.0890 e. The van der Waals surface area contributed by atoms with Crippen molar-refractivity contribution in [3.05, 3.63) is 85.0 Å². The Morgan fingerprint density at radius 1 is 0.514 bits per heavy atom. The third-order valence-corrected chi connectivity index (χ3v) is 6.02. The molecule has 0 aliphatic heterocycles. The van der Waals surface area contributed by atoms with Crippen molar-refractivity contribution in [1.82, 2.24) is 0 Å². The standard InChI is InChI=1S/C33H46N2/c1-3-5-7-9-11-13-15-23-29-33(35-31-26-20-17-21-27-31)32(34-30-24-18-16-19-25-30)28-22-14-12-10-8-6-4-2/h16-29H,3-15H2,1-2H3. The Morgan fingerprint density at radius 3 is 1.29 bits per heavy atom. The number of hydrogen-bond acceptors (Lipinski definition) is 2. The molecule has 0 unspecified atom stereocenters. The van der Waals surface area contributed by atoms with Crippen LogP contribution in [0.2, 0.25) is 0 Å². The lowest BCUT2D eigenvalue weighted by molar-refractivity contribution is 0.611. The van der Waals surface area contributed by atoms with Crippen LogP contribution in [0.4, 0.5) is 11.4 Å². The Kier molecular flexibility index (Phi) is 15.9. The second-order valence-electron chi connectivity index (χ2n) is 9.23. The average Bonchev–Trinajstić information content (AvgIpc) is 2.89. The summed E-state index contributed by atoms with van der Waals surface area (Å²) in [6, 6.07) is 20.4. The minimum Gasteiger partial charge on any atom is -0.247 e. The first-order valence-electron chi connectivity index (χ1n) is 13.9. The van der Waals surface area contributed by atoms with Crippen molar-refractivity contribution in [3.63, 3.8) is 0 Å². The molecule has 2 nitrogen and oxygen atoms in total. The molecule has 0 saturated carbocycles. The van der Waals surface area contributed by atoms with E-state index in [-0.39, 0.29) is 0 Å². The molecule has 0 amide bonds. The zero-order chi connectivity index (χ0) is 24.8. The summed E-state index contributed by atoms with van der Waals surface area (Å²) in [5.41, 5.74) is 3.77. The lowest BCUT2D eigenvalue weighted by Crippen LogP contribution is -2.08. The maximum absolute atomic E-state index is 5.00. The molecule has 188 valence electrons. The molecule has 0 fully saturated rings. The third-order valence-electron chi connectivity index (χ3n) is 6.02. The SMILES string of the molecule is CCCCCCCC=CC(=Nc1ccccc1)C(C=CCCCCCCCC)=Nc1ccccc1. The molecule has 0 radical (unpaired) electrons. The largest absolute Gasteiger partial charge is 0.247 e. The number of rotatable bonds is 18. The Labute approximate surface area is 215 Å². The van der Waals surface area contributed by atoms with Gasteiger partial charge in [0.2, 0.25) is 0 Å². The molecular formula is C33H46N2. The second-order valence-corrected chi connectivity index (χ2v) is 9.23. The predicted molar refractivity (Wildman–Crippen MR) is 157 cm³/mol. The maximum atomic E-state index is 5.00. The Bertz CT molecular complexity index is 891. The number of nitrogens with zero attached hydrogens (tertiary/aromatic N) is 2. The topological polar surface area (TPSA) is 24.7 Å². The molecule has 0 bridgehead atoms. The van der Waals surface area contributed by atoms with E-state index < -0.39 is 0 Å². The molecule has 0 saturated heterocycles. The van der Waals surface area contributed by atoms with Crippen molar-refractivity contribution >= 4 is 22.8 Å². The molecule has 0 aromatic heterocycles. The highest BCUT2D eigenvalue weighted by Gasteiger charge is 2.05. The Hall–Kier alpha value is -2.74. The summed E-state index contributed by atoms with van der Waals surface area (Å²) in [6.45, 7) is 4.53. The van der Waals surface area contributed by atoms with Crippen LogP contribution in [0.3, 0.4) is 0 Å². The van der Waals surface area contributed by atoms with Crippen LogP contribution in [0.5, 0.6) is 0 Å². The van der Waals surface area contributed by atoms with Gasteiger partial charge in [-0.2, -0.15) is 0 Å². The molecule has 35 heavy (non-hydrogen) atoms. The van der Waals surface area contributed by atoms with Crippen molar-refractivity contribution in [2.24, 2.45) is 9.98 Å². The van der Waals surface area contributed by atoms with Gasteiger partial charge in [0.25, 0.3) is 0 Å². The molecule has 0 spiro atoms. The molecule has 0 aliphatic rings. The summed E-state index contributed by atoms with van der Waals surface area (Å²) in [5, 5.41) is 0. The van der Waals surface area contributed by atoms with Gasteiger partial charge >= 0.3 is 0 Å². The third kappa shape index (κ3) is 13.7. The van der Waals surface area contributed by atoms with Crippen molar-refractivity contribution < 1.29 is 0 Å².